The second kappa shape index (κ2) is 9.98. The van der Waals surface area contributed by atoms with Crippen LogP contribution in [0.2, 0.25) is 5.02 Å². The van der Waals surface area contributed by atoms with Crippen LogP contribution in [0.4, 0.5) is 10.5 Å². The van der Waals surface area contributed by atoms with Gasteiger partial charge in [0.2, 0.25) is 0 Å². The van der Waals surface area contributed by atoms with Gasteiger partial charge in [0.15, 0.2) is 0 Å². The van der Waals surface area contributed by atoms with Crippen molar-refractivity contribution in [2.24, 2.45) is 0 Å². The molecule has 1 aliphatic heterocycles. The number of anilines is 1. The van der Waals surface area contributed by atoms with E-state index in [4.69, 9.17) is 20.8 Å². The van der Waals surface area contributed by atoms with Crippen LogP contribution in [0.1, 0.15) is 24.9 Å². The van der Waals surface area contributed by atoms with Gasteiger partial charge < -0.3 is 14.5 Å². The predicted octanol–water partition coefficient (Wildman–Crippen LogP) is 5.11. The van der Waals surface area contributed by atoms with Gasteiger partial charge in [-0.15, -0.1) is 0 Å². The van der Waals surface area contributed by atoms with Crippen LogP contribution in [0.15, 0.2) is 76.9 Å². The molecule has 0 aliphatic carbocycles. The average Bonchev–Trinajstić information content (AvgIpc) is 3.35. The Morgan fingerprint density at radius 1 is 1.25 bits per heavy atom. The third-order valence-corrected chi connectivity index (χ3v) is 4.89. The van der Waals surface area contributed by atoms with Crippen LogP contribution in [0.3, 0.4) is 0 Å². The summed E-state index contributed by atoms with van der Waals surface area (Å²) in [5.74, 6) is -0.0935. The van der Waals surface area contributed by atoms with E-state index in [1.54, 1.807) is 48.6 Å². The molecule has 0 radical (unpaired) electrons. The molecule has 2 aromatic rings. The van der Waals surface area contributed by atoms with Gasteiger partial charge in [0, 0.05) is 22.2 Å². The Morgan fingerprint density at radius 3 is 2.69 bits per heavy atom. The Morgan fingerprint density at radius 2 is 2.03 bits per heavy atom. The van der Waals surface area contributed by atoms with Crippen LogP contribution >= 0.6 is 11.6 Å². The van der Waals surface area contributed by atoms with Gasteiger partial charge in [-0.25, -0.2) is 14.5 Å². The van der Waals surface area contributed by atoms with Crippen molar-refractivity contribution in [1.29, 1.82) is 0 Å². The number of nitrogens with one attached hydrogen (secondary N) is 1. The first-order chi connectivity index (χ1) is 15.4. The first-order valence-corrected chi connectivity index (χ1v) is 10.1. The number of furan rings is 1. The molecule has 2 heterocycles. The summed E-state index contributed by atoms with van der Waals surface area (Å²) < 4.78 is 10.5. The molecule has 0 spiro atoms. The highest BCUT2D eigenvalue weighted by atomic mass is 35.5. The van der Waals surface area contributed by atoms with Crippen LogP contribution in [0, 0.1) is 0 Å². The molecule has 0 bridgehead atoms. The van der Waals surface area contributed by atoms with Gasteiger partial charge in [-0.05, 0) is 36.8 Å². The van der Waals surface area contributed by atoms with E-state index in [0.29, 0.717) is 39.8 Å². The number of imide groups is 1. The van der Waals surface area contributed by atoms with E-state index in [-0.39, 0.29) is 5.70 Å². The Kier molecular flexibility index (Phi) is 7.12. The minimum Gasteiger partial charge on any atom is -0.466 e. The number of amides is 3. The maximum atomic E-state index is 12.7. The molecule has 1 aromatic carbocycles. The van der Waals surface area contributed by atoms with Gasteiger partial charge in [0.25, 0.3) is 5.91 Å². The summed E-state index contributed by atoms with van der Waals surface area (Å²) in [6.45, 7) is 5.62. The number of allylic oxidation sites excluding steroid dienone is 4. The lowest BCUT2D eigenvalue weighted by Gasteiger charge is -2.11. The van der Waals surface area contributed by atoms with Crippen molar-refractivity contribution in [3.05, 3.63) is 89.0 Å². The zero-order valence-corrected chi connectivity index (χ0v) is 18.3. The number of rotatable bonds is 7. The molecule has 7 nitrogen and oxygen atoms in total. The number of nitrogens with zero attached hydrogens (tertiary/aromatic N) is 1. The van der Waals surface area contributed by atoms with Gasteiger partial charge in [0.05, 0.1) is 12.8 Å². The number of ether oxygens (including phenoxy) is 1. The molecule has 0 saturated carbocycles. The van der Waals surface area contributed by atoms with Gasteiger partial charge >= 0.3 is 12.0 Å². The van der Waals surface area contributed by atoms with Crippen molar-refractivity contribution < 1.29 is 23.5 Å². The summed E-state index contributed by atoms with van der Waals surface area (Å²) in [6, 6.07) is 9.23. The van der Waals surface area contributed by atoms with Crippen LogP contribution in [-0.2, 0) is 14.3 Å². The third kappa shape index (κ3) is 4.90. The number of urea groups is 1. The molecular weight excluding hydrogens is 432 g/mol. The highest BCUT2D eigenvalue weighted by Gasteiger charge is 2.35. The van der Waals surface area contributed by atoms with Crippen molar-refractivity contribution in [1.82, 2.24) is 5.32 Å². The third-order valence-electron chi connectivity index (χ3n) is 4.65. The van der Waals surface area contributed by atoms with Crippen molar-refractivity contribution in [3.63, 3.8) is 0 Å². The van der Waals surface area contributed by atoms with Crippen LogP contribution in [0.25, 0.3) is 11.6 Å². The second-order valence-corrected chi connectivity index (χ2v) is 7.11. The zero-order chi connectivity index (χ0) is 23.3. The number of methoxy groups -OCH3 is 1. The number of esters is 1. The van der Waals surface area contributed by atoms with E-state index in [1.807, 2.05) is 6.92 Å². The fourth-order valence-corrected chi connectivity index (χ4v) is 3.20. The van der Waals surface area contributed by atoms with Gasteiger partial charge in [-0.2, -0.15) is 0 Å². The fraction of sp³-hybridized carbons (Fsp3) is 0.125. The summed E-state index contributed by atoms with van der Waals surface area (Å²) in [6.07, 6.45) is 6.87. The first-order valence-electron chi connectivity index (χ1n) is 9.72. The lowest BCUT2D eigenvalue weighted by Crippen LogP contribution is -2.30. The molecule has 1 aliphatic rings. The number of hydrogen-bond donors (Lipinski definition) is 1. The molecule has 32 heavy (non-hydrogen) atoms. The highest BCUT2D eigenvalue weighted by Crippen LogP contribution is 2.26. The summed E-state index contributed by atoms with van der Waals surface area (Å²) in [7, 11) is 1.33. The smallest absolute Gasteiger partial charge is 0.333 e. The highest BCUT2D eigenvalue weighted by molar-refractivity contribution is 6.32. The molecular formula is C24H21ClN2O5. The van der Waals surface area contributed by atoms with E-state index in [1.165, 1.54) is 19.3 Å². The van der Waals surface area contributed by atoms with Gasteiger partial charge in [0.1, 0.15) is 17.2 Å². The van der Waals surface area contributed by atoms with Crippen molar-refractivity contribution in [2.75, 3.05) is 12.0 Å². The molecule has 3 amide bonds. The van der Waals surface area contributed by atoms with Crippen molar-refractivity contribution in [2.45, 2.75) is 13.3 Å². The number of carbonyl (C=O) groups is 3. The Labute approximate surface area is 190 Å². The van der Waals surface area contributed by atoms with E-state index >= 15 is 0 Å². The monoisotopic (exact) mass is 452 g/mol. The Hall–Kier alpha value is -3.84. The van der Waals surface area contributed by atoms with Crippen molar-refractivity contribution in [3.8, 4) is 0 Å². The molecule has 1 aromatic heterocycles. The van der Waals surface area contributed by atoms with E-state index < -0.39 is 17.9 Å². The fourth-order valence-electron chi connectivity index (χ4n) is 3.02. The Bertz CT molecular complexity index is 1170. The molecule has 8 heteroatoms. The lowest BCUT2D eigenvalue weighted by molar-refractivity contribution is -0.136. The topological polar surface area (TPSA) is 88.9 Å². The minimum absolute atomic E-state index is 0.0684. The van der Waals surface area contributed by atoms with E-state index in [9.17, 15) is 14.4 Å². The van der Waals surface area contributed by atoms with Gasteiger partial charge in [-0.3, -0.25) is 4.79 Å². The largest absolute Gasteiger partial charge is 0.466 e. The second-order valence-electron chi connectivity index (χ2n) is 6.67. The molecule has 0 unspecified atom stereocenters. The molecule has 1 N–H and O–H groups in total. The number of carbonyl (C=O) groups excluding carboxylic acids is 3. The maximum absolute atomic E-state index is 12.7. The van der Waals surface area contributed by atoms with Gasteiger partial charge in [-0.1, -0.05) is 49.4 Å². The summed E-state index contributed by atoms with van der Waals surface area (Å²) in [5, 5.41) is 2.95. The predicted molar refractivity (Wildman–Crippen MR) is 123 cm³/mol. The van der Waals surface area contributed by atoms with E-state index in [0.717, 1.165) is 4.90 Å². The number of hydrogen-bond acceptors (Lipinski definition) is 5. The zero-order valence-electron chi connectivity index (χ0n) is 17.6. The van der Waals surface area contributed by atoms with E-state index in [2.05, 4.69) is 11.9 Å². The molecule has 1 saturated heterocycles. The number of halogens is 1. The lowest BCUT2D eigenvalue weighted by atomic mass is 10.1. The average molecular weight is 453 g/mol. The molecule has 3 rings (SSSR count). The molecule has 0 atom stereocenters. The minimum atomic E-state index is -0.581. The maximum Gasteiger partial charge on any atom is 0.333 e. The SMILES string of the molecule is C=C/C(=C\C=C(/CC)C(=O)OC)c1ccc(/C=C2/NC(=O)N(c3cccc(Cl)c3)C2=O)o1. The molecule has 164 valence electrons. The van der Waals surface area contributed by atoms with Crippen molar-refractivity contribution >= 4 is 46.8 Å². The van der Waals surface area contributed by atoms with Crippen LogP contribution in [-0.4, -0.2) is 25.0 Å². The first kappa shape index (κ1) is 22.8. The quantitative estimate of drug-likeness (QED) is 0.273. The normalized spacial score (nSPS) is 15.8. The number of benzene rings is 1. The van der Waals surface area contributed by atoms with Crippen LogP contribution in [0.5, 0.6) is 0 Å². The summed E-state index contributed by atoms with van der Waals surface area (Å²) in [4.78, 5) is 37.8. The standard InChI is InChI=1S/C24H21ClN2O5/c1-4-15(9-10-16(5-2)23(29)31-3)21-12-11-19(32-21)14-20-22(28)27(24(30)26-20)18-8-6-7-17(25)13-18/h4,6-14H,1,5H2,2-3H3,(H,26,30)/b15-9+,16-10+,20-14+. The molecule has 1 fully saturated rings. The summed E-state index contributed by atoms with van der Waals surface area (Å²) in [5.41, 5.74) is 1.57. The summed E-state index contributed by atoms with van der Waals surface area (Å²) >= 11 is 5.97. The Balaban J connectivity index is 1.85. The van der Waals surface area contributed by atoms with Crippen LogP contribution < -0.4 is 10.2 Å².